The number of H-pyrrole nitrogens is 1. The maximum atomic E-state index is 11.6. The number of amides is 1. The van der Waals surface area contributed by atoms with Gasteiger partial charge in [-0.05, 0) is 37.1 Å². The van der Waals surface area contributed by atoms with Crippen LogP contribution < -0.4 is 11.1 Å². The molecule has 0 radical (unpaired) electrons. The zero-order chi connectivity index (χ0) is 13.1. The van der Waals surface area contributed by atoms with E-state index in [9.17, 15) is 9.90 Å². The van der Waals surface area contributed by atoms with E-state index in [1.54, 1.807) is 18.2 Å². The van der Waals surface area contributed by atoms with Crippen LogP contribution in [0.2, 0.25) is 0 Å². The van der Waals surface area contributed by atoms with Crippen LogP contribution in [0.15, 0.2) is 24.4 Å². The highest BCUT2D eigenvalue weighted by atomic mass is 16.3. The maximum absolute atomic E-state index is 11.6. The Labute approximate surface area is 105 Å². The van der Waals surface area contributed by atoms with Crippen molar-refractivity contribution in [2.24, 2.45) is 5.73 Å². The fraction of sp³-hybridized carbons (Fsp3) is 0.308. The number of hydrogen-bond donors (Lipinski definition) is 4. The van der Waals surface area contributed by atoms with Crippen LogP contribution in [0.3, 0.4) is 0 Å². The average molecular weight is 247 g/mol. The molecular weight excluding hydrogens is 230 g/mol. The molecular formula is C13H17N3O2. The largest absolute Gasteiger partial charge is 0.508 e. The highest BCUT2D eigenvalue weighted by Crippen LogP contribution is 2.23. The molecule has 18 heavy (non-hydrogen) atoms. The van der Waals surface area contributed by atoms with E-state index in [2.05, 4.69) is 10.3 Å². The van der Waals surface area contributed by atoms with Gasteiger partial charge in [0.05, 0.1) is 6.04 Å². The average Bonchev–Trinajstić information content (AvgIpc) is 2.72. The van der Waals surface area contributed by atoms with Crippen molar-refractivity contribution in [3.63, 3.8) is 0 Å². The molecule has 1 amide bonds. The minimum atomic E-state index is -0.578. The number of likely N-dealkylation sites (N-methyl/N-ethyl adjacent to an activating group) is 1. The number of phenolic OH excluding ortho intramolecular Hbond substituents is 1. The molecule has 0 aliphatic heterocycles. The van der Waals surface area contributed by atoms with Crippen molar-refractivity contribution >= 4 is 16.8 Å². The van der Waals surface area contributed by atoms with Crippen LogP contribution >= 0.6 is 0 Å². The summed E-state index contributed by atoms with van der Waals surface area (Å²) in [5, 5.41) is 13.1. The number of aromatic nitrogens is 1. The van der Waals surface area contributed by atoms with Crippen LogP contribution in [0.1, 0.15) is 12.5 Å². The van der Waals surface area contributed by atoms with Crippen molar-refractivity contribution in [2.75, 3.05) is 6.54 Å². The number of benzene rings is 1. The van der Waals surface area contributed by atoms with Crippen molar-refractivity contribution < 1.29 is 9.90 Å². The van der Waals surface area contributed by atoms with Crippen LogP contribution in [0.25, 0.3) is 10.9 Å². The van der Waals surface area contributed by atoms with Crippen LogP contribution in [0, 0.1) is 0 Å². The van der Waals surface area contributed by atoms with Crippen LogP contribution in [-0.2, 0) is 11.2 Å². The Morgan fingerprint density at radius 3 is 3.06 bits per heavy atom. The van der Waals surface area contributed by atoms with Crippen molar-refractivity contribution in [3.05, 3.63) is 30.0 Å². The smallest absolute Gasteiger partial charge is 0.237 e. The van der Waals surface area contributed by atoms with Crippen molar-refractivity contribution in [1.29, 1.82) is 0 Å². The number of carbonyl (C=O) groups excluding carboxylic acids is 1. The predicted octanol–water partition coefficient (Wildman–Crippen LogP) is 0.879. The molecule has 96 valence electrons. The Kier molecular flexibility index (Phi) is 3.53. The SMILES string of the molecule is CCNC(=O)C(N)Cc1c[nH]c2ccc(O)cc12. The third kappa shape index (κ3) is 2.46. The molecule has 0 bridgehead atoms. The summed E-state index contributed by atoms with van der Waals surface area (Å²) in [7, 11) is 0. The second-order valence-electron chi connectivity index (χ2n) is 4.25. The van der Waals surface area contributed by atoms with Gasteiger partial charge in [-0.3, -0.25) is 4.79 Å². The number of aromatic amines is 1. The first kappa shape index (κ1) is 12.4. The summed E-state index contributed by atoms with van der Waals surface area (Å²) >= 11 is 0. The fourth-order valence-electron chi connectivity index (χ4n) is 1.97. The lowest BCUT2D eigenvalue weighted by molar-refractivity contribution is -0.122. The number of nitrogens with one attached hydrogen (secondary N) is 2. The molecule has 5 heteroatoms. The number of carbonyl (C=O) groups is 1. The molecule has 5 nitrogen and oxygen atoms in total. The zero-order valence-corrected chi connectivity index (χ0v) is 10.2. The van der Waals surface area contributed by atoms with E-state index in [4.69, 9.17) is 5.73 Å². The van der Waals surface area contributed by atoms with Crippen LogP contribution in [-0.4, -0.2) is 28.6 Å². The second-order valence-corrected chi connectivity index (χ2v) is 4.25. The zero-order valence-electron chi connectivity index (χ0n) is 10.2. The Balaban J connectivity index is 2.21. The minimum absolute atomic E-state index is 0.160. The monoisotopic (exact) mass is 247 g/mol. The molecule has 0 saturated heterocycles. The van der Waals surface area contributed by atoms with Gasteiger partial charge in [-0.2, -0.15) is 0 Å². The highest BCUT2D eigenvalue weighted by molar-refractivity contribution is 5.86. The minimum Gasteiger partial charge on any atom is -0.508 e. The lowest BCUT2D eigenvalue weighted by Crippen LogP contribution is -2.41. The Morgan fingerprint density at radius 1 is 1.56 bits per heavy atom. The second kappa shape index (κ2) is 5.10. The highest BCUT2D eigenvalue weighted by Gasteiger charge is 2.15. The van der Waals surface area contributed by atoms with Gasteiger partial charge >= 0.3 is 0 Å². The number of phenols is 1. The molecule has 1 unspecified atom stereocenters. The number of fused-ring (bicyclic) bond motifs is 1. The Hall–Kier alpha value is -2.01. The normalized spacial score (nSPS) is 12.6. The van der Waals surface area contributed by atoms with Gasteiger partial charge in [0.15, 0.2) is 0 Å². The van der Waals surface area contributed by atoms with E-state index in [1.807, 2.05) is 13.1 Å². The molecule has 0 saturated carbocycles. The van der Waals surface area contributed by atoms with Gasteiger partial charge in [-0.1, -0.05) is 0 Å². The number of aromatic hydroxyl groups is 1. The van der Waals surface area contributed by atoms with E-state index in [-0.39, 0.29) is 11.7 Å². The van der Waals surface area contributed by atoms with E-state index in [0.717, 1.165) is 16.5 Å². The molecule has 0 aliphatic rings. The fourth-order valence-corrected chi connectivity index (χ4v) is 1.97. The van der Waals surface area contributed by atoms with Crippen molar-refractivity contribution in [3.8, 4) is 5.75 Å². The van der Waals surface area contributed by atoms with Gasteiger partial charge in [0.2, 0.25) is 5.91 Å². The number of nitrogens with two attached hydrogens (primary N) is 1. The summed E-state index contributed by atoms with van der Waals surface area (Å²) in [5.74, 6) is 0.0435. The Bertz CT molecular complexity index is 562. The molecule has 1 aromatic heterocycles. The maximum Gasteiger partial charge on any atom is 0.237 e. The lowest BCUT2D eigenvalue weighted by atomic mass is 10.0. The first-order valence-corrected chi connectivity index (χ1v) is 5.94. The predicted molar refractivity (Wildman–Crippen MR) is 70.3 cm³/mol. The topological polar surface area (TPSA) is 91.1 Å². The van der Waals surface area contributed by atoms with Gasteiger partial charge in [0.1, 0.15) is 5.75 Å². The molecule has 0 aliphatic carbocycles. The molecule has 1 heterocycles. The lowest BCUT2D eigenvalue weighted by Gasteiger charge is -2.10. The van der Waals surface area contributed by atoms with E-state index >= 15 is 0 Å². The van der Waals surface area contributed by atoms with Crippen molar-refractivity contribution in [2.45, 2.75) is 19.4 Å². The molecule has 0 fully saturated rings. The Morgan fingerprint density at radius 2 is 2.33 bits per heavy atom. The molecule has 2 aromatic rings. The summed E-state index contributed by atoms with van der Waals surface area (Å²) in [6.45, 7) is 2.43. The molecule has 5 N–H and O–H groups in total. The summed E-state index contributed by atoms with van der Waals surface area (Å²) in [4.78, 5) is 14.7. The van der Waals surface area contributed by atoms with Crippen LogP contribution in [0.4, 0.5) is 0 Å². The first-order chi connectivity index (χ1) is 8.61. The van der Waals surface area contributed by atoms with E-state index < -0.39 is 6.04 Å². The summed E-state index contributed by atoms with van der Waals surface area (Å²) in [5.41, 5.74) is 7.69. The molecule has 1 aromatic carbocycles. The van der Waals surface area contributed by atoms with Crippen molar-refractivity contribution in [1.82, 2.24) is 10.3 Å². The van der Waals surface area contributed by atoms with Gasteiger partial charge in [0.25, 0.3) is 0 Å². The number of rotatable bonds is 4. The summed E-state index contributed by atoms with van der Waals surface area (Å²) in [6, 6.07) is 4.51. The van der Waals surface area contributed by atoms with E-state index in [1.165, 1.54) is 0 Å². The summed E-state index contributed by atoms with van der Waals surface area (Å²) < 4.78 is 0. The molecule has 2 rings (SSSR count). The molecule has 0 spiro atoms. The number of hydrogen-bond acceptors (Lipinski definition) is 3. The standard InChI is InChI=1S/C13H17N3O2/c1-2-15-13(18)11(14)5-8-7-16-12-4-3-9(17)6-10(8)12/h3-4,6-7,11,16-17H,2,5,14H2,1H3,(H,15,18). The van der Waals surface area contributed by atoms with Crippen LogP contribution in [0.5, 0.6) is 5.75 Å². The third-order valence-electron chi connectivity index (χ3n) is 2.88. The quantitative estimate of drug-likeness (QED) is 0.646. The van der Waals surface area contributed by atoms with E-state index in [0.29, 0.717) is 13.0 Å². The third-order valence-corrected chi connectivity index (χ3v) is 2.88. The van der Waals surface area contributed by atoms with Gasteiger partial charge in [-0.15, -0.1) is 0 Å². The van der Waals surface area contributed by atoms with Gasteiger partial charge in [-0.25, -0.2) is 0 Å². The van der Waals surface area contributed by atoms with Gasteiger partial charge in [0, 0.05) is 23.6 Å². The first-order valence-electron chi connectivity index (χ1n) is 5.94. The summed E-state index contributed by atoms with van der Waals surface area (Å²) in [6.07, 6.45) is 2.26. The molecule has 1 atom stereocenters. The van der Waals surface area contributed by atoms with Gasteiger partial charge < -0.3 is 21.1 Å².